The van der Waals surface area contributed by atoms with Crippen LogP contribution in [0.2, 0.25) is 0 Å². The van der Waals surface area contributed by atoms with Crippen molar-refractivity contribution in [2.24, 2.45) is 0 Å². The van der Waals surface area contributed by atoms with E-state index in [1.54, 1.807) is 6.92 Å². The summed E-state index contributed by atoms with van der Waals surface area (Å²) < 4.78 is 2.04. The molecule has 17 heavy (non-hydrogen) atoms. The second-order valence-corrected chi connectivity index (χ2v) is 4.15. The van der Waals surface area contributed by atoms with Crippen LogP contribution in [0.1, 0.15) is 18.4 Å². The van der Waals surface area contributed by atoms with Gasteiger partial charge in [-0.2, -0.15) is 0 Å². The van der Waals surface area contributed by atoms with Gasteiger partial charge in [-0.1, -0.05) is 36.4 Å². The maximum atomic E-state index is 11.7. The molecule has 0 fully saturated rings. The van der Waals surface area contributed by atoms with Gasteiger partial charge in [-0.3, -0.25) is 4.79 Å². The number of hydrogen-bond donors (Lipinski definition) is 0. The number of ketones is 1. The van der Waals surface area contributed by atoms with Crippen molar-refractivity contribution < 1.29 is 9.36 Å². The van der Waals surface area contributed by atoms with E-state index in [1.807, 2.05) is 65.5 Å². The van der Waals surface area contributed by atoms with Crippen LogP contribution < -0.4 is 4.57 Å². The second-order valence-electron chi connectivity index (χ2n) is 4.15. The van der Waals surface area contributed by atoms with Crippen molar-refractivity contribution in [1.29, 1.82) is 0 Å². The van der Waals surface area contributed by atoms with E-state index < -0.39 is 0 Å². The first-order chi connectivity index (χ1) is 8.27. The topological polar surface area (TPSA) is 20.9 Å². The smallest absolute Gasteiger partial charge is 0.168 e. The number of carbonyl (C=O) groups excluding carboxylic acids is 1. The summed E-state index contributed by atoms with van der Waals surface area (Å²) in [6.07, 6.45) is 3.97. The molecule has 1 aromatic heterocycles. The third-order valence-electron chi connectivity index (χ3n) is 2.86. The quantitative estimate of drug-likeness (QED) is 0.733. The summed E-state index contributed by atoms with van der Waals surface area (Å²) in [5, 5.41) is 0. The molecular weight excluding hydrogens is 210 g/mol. The third-order valence-corrected chi connectivity index (χ3v) is 2.86. The first kappa shape index (κ1) is 11.5. The predicted octanol–water partition coefficient (Wildman–Crippen LogP) is 2.35. The fraction of sp³-hybridized carbons (Fsp3) is 0.200. The number of rotatable bonds is 4. The first-order valence-electron chi connectivity index (χ1n) is 5.77. The number of aromatic nitrogens is 1. The van der Waals surface area contributed by atoms with Gasteiger partial charge in [0.2, 0.25) is 0 Å². The lowest BCUT2D eigenvalue weighted by Gasteiger charge is -2.10. The molecule has 1 atom stereocenters. The van der Waals surface area contributed by atoms with Crippen molar-refractivity contribution in [3.05, 3.63) is 66.5 Å². The largest absolute Gasteiger partial charge is 0.299 e. The number of nitrogens with zero attached hydrogens (tertiary/aromatic N) is 1. The molecule has 0 radical (unpaired) electrons. The Balaban J connectivity index is 2.23. The molecule has 1 heterocycles. The van der Waals surface area contributed by atoms with Gasteiger partial charge in [-0.15, -0.1) is 0 Å². The molecule has 0 saturated heterocycles. The Morgan fingerprint density at radius 1 is 1.06 bits per heavy atom. The highest BCUT2D eigenvalue weighted by molar-refractivity contribution is 5.83. The van der Waals surface area contributed by atoms with Crippen LogP contribution in [-0.2, 0) is 11.3 Å². The van der Waals surface area contributed by atoms with Gasteiger partial charge in [-0.25, -0.2) is 4.57 Å². The molecule has 2 rings (SSSR count). The molecule has 0 aliphatic rings. The van der Waals surface area contributed by atoms with Gasteiger partial charge in [0.25, 0.3) is 0 Å². The zero-order valence-electron chi connectivity index (χ0n) is 9.91. The van der Waals surface area contributed by atoms with Gasteiger partial charge < -0.3 is 0 Å². The van der Waals surface area contributed by atoms with Crippen molar-refractivity contribution >= 4 is 5.78 Å². The zero-order valence-corrected chi connectivity index (χ0v) is 9.91. The molecule has 2 heteroatoms. The maximum Gasteiger partial charge on any atom is 0.168 e. The summed E-state index contributed by atoms with van der Waals surface area (Å²) in [7, 11) is 0. The highest BCUT2D eigenvalue weighted by Crippen LogP contribution is 2.16. The van der Waals surface area contributed by atoms with Gasteiger partial charge >= 0.3 is 0 Å². The van der Waals surface area contributed by atoms with Crippen LogP contribution in [0.15, 0.2) is 60.9 Å². The number of pyridine rings is 1. The Morgan fingerprint density at radius 2 is 1.65 bits per heavy atom. The first-order valence-corrected chi connectivity index (χ1v) is 5.77. The molecule has 0 N–H and O–H groups in total. The van der Waals surface area contributed by atoms with Crippen molar-refractivity contribution in [2.45, 2.75) is 19.4 Å². The molecule has 0 saturated carbocycles. The summed E-state index contributed by atoms with van der Waals surface area (Å²) >= 11 is 0. The lowest BCUT2D eigenvalue weighted by atomic mass is 9.95. The Morgan fingerprint density at radius 3 is 2.24 bits per heavy atom. The molecule has 1 aromatic carbocycles. The molecule has 0 amide bonds. The molecule has 0 bridgehead atoms. The second kappa shape index (κ2) is 5.39. The highest BCUT2D eigenvalue weighted by Gasteiger charge is 2.20. The normalized spacial score (nSPS) is 12.1. The van der Waals surface area contributed by atoms with Crippen molar-refractivity contribution in [3.63, 3.8) is 0 Å². The summed E-state index contributed by atoms with van der Waals surface area (Å²) in [5.74, 6) is 0.135. The van der Waals surface area contributed by atoms with E-state index in [0.717, 1.165) is 5.56 Å². The Kier molecular flexibility index (Phi) is 3.66. The van der Waals surface area contributed by atoms with Crippen molar-refractivity contribution in [2.75, 3.05) is 0 Å². The van der Waals surface area contributed by atoms with Gasteiger partial charge in [0.05, 0.1) is 0 Å². The Hall–Kier alpha value is -1.96. The van der Waals surface area contributed by atoms with Crippen LogP contribution in [-0.4, -0.2) is 5.78 Å². The summed E-state index contributed by atoms with van der Waals surface area (Å²) in [4.78, 5) is 11.7. The zero-order chi connectivity index (χ0) is 12.1. The Labute approximate surface area is 102 Å². The molecule has 0 spiro atoms. The monoisotopic (exact) mass is 226 g/mol. The van der Waals surface area contributed by atoms with Gasteiger partial charge in [0, 0.05) is 12.1 Å². The van der Waals surface area contributed by atoms with Gasteiger partial charge in [0.1, 0.15) is 11.7 Å². The number of carbonyl (C=O) groups is 1. The SMILES string of the molecule is CC(=O)[C@@H](C[n+]1ccccc1)c1ccccc1. The lowest BCUT2D eigenvalue weighted by molar-refractivity contribution is -0.698. The fourth-order valence-electron chi connectivity index (χ4n) is 1.92. The molecule has 0 unspecified atom stereocenters. The van der Waals surface area contributed by atoms with E-state index >= 15 is 0 Å². The number of hydrogen-bond acceptors (Lipinski definition) is 1. The minimum atomic E-state index is -0.0661. The summed E-state index contributed by atoms with van der Waals surface area (Å²) in [6.45, 7) is 2.35. The van der Waals surface area contributed by atoms with Gasteiger partial charge in [-0.05, 0) is 12.5 Å². The minimum absolute atomic E-state index is 0.0661. The third kappa shape index (κ3) is 3.00. The molecule has 2 nitrogen and oxygen atoms in total. The Bertz CT molecular complexity index is 479. The average Bonchev–Trinajstić information content (AvgIpc) is 2.38. The summed E-state index contributed by atoms with van der Waals surface area (Å²) in [6, 6.07) is 15.9. The van der Waals surface area contributed by atoms with Crippen LogP contribution in [0.3, 0.4) is 0 Å². The van der Waals surface area contributed by atoms with E-state index in [0.29, 0.717) is 6.54 Å². The minimum Gasteiger partial charge on any atom is -0.299 e. The van der Waals surface area contributed by atoms with Crippen LogP contribution >= 0.6 is 0 Å². The average molecular weight is 226 g/mol. The molecule has 0 aliphatic heterocycles. The van der Waals surface area contributed by atoms with E-state index in [4.69, 9.17) is 0 Å². The van der Waals surface area contributed by atoms with Crippen LogP contribution in [0.25, 0.3) is 0 Å². The van der Waals surface area contributed by atoms with E-state index in [1.165, 1.54) is 0 Å². The molecule has 0 aliphatic carbocycles. The molecule has 86 valence electrons. The molecule has 2 aromatic rings. The van der Waals surface area contributed by atoms with Crippen molar-refractivity contribution in [1.82, 2.24) is 0 Å². The predicted molar refractivity (Wildman–Crippen MR) is 66.5 cm³/mol. The maximum absolute atomic E-state index is 11.7. The standard InChI is InChI=1S/C15H16NO/c1-13(17)15(14-8-4-2-5-9-14)12-16-10-6-3-7-11-16/h2-11,15H,12H2,1H3/q+1/t15-/m1/s1. The van der Waals surface area contributed by atoms with Crippen LogP contribution in [0, 0.1) is 0 Å². The fourth-order valence-corrected chi connectivity index (χ4v) is 1.92. The van der Waals surface area contributed by atoms with Crippen LogP contribution in [0.5, 0.6) is 0 Å². The lowest BCUT2D eigenvalue weighted by Crippen LogP contribution is -2.37. The number of Topliss-reactive ketones (excluding diaryl/α,β-unsaturated/α-hetero) is 1. The molecular formula is C15H16NO+. The highest BCUT2D eigenvalue weighted by atomic mass is 16.1. The van der Waals surface area contributed by atoms with E-state index in [2.05, 4.69) is 0 Å². The van der Waals surface area contributed by atoms with Crippen LogP contribution in [0.4, 0.5) is 0 Å². The number of benzene rings is 1. The van der Waals surface area contributed by atoms with Gasteiger partial charge in [0.15, 0.2) is 18.9 Å². The van der Waals surface area contributed by atoms with E-state index in [9.17, 15) is 4.79 Å². The summed E-state index contributed by atoms with van der Waals surface area (Å²) in [5.41, 5.74) is 1.08. The van der Waals surface area contributed by atoms with Crippen molar-refractivity contribution in [3.8, 4) is 0 Å². The van der Waals surface area contributed by atoms with E-state index in [-0.39, 0.29) is 11.7 Å².